The molecule has 0 spiro atoms. The van der Waals surface area contributed by atoms with Crippen molar-refractivity contribution in [3.8, 4) is 0 Å². The number of rotatable bonds is 9. The first-order valence-corrected chi connectivity index (χ1v) is 12.4. The number of carbonyl (C=O) groups is 2. The van der Waals surface area contributed by atoms with E-state index in [0.717, 1.165) is 5.56 Å². The van der Waals surface area contributed by atoms with Crippen molar-refractivity contribution in [3.05, 3.63) is 46.9 Å². The minimum absolute atomic E-state index is 0.00322. The Balaban J connectivity index is 1.49. The van der Waals surface area contributed by atoms with Crippen LogP contribution in [0.1, 0.15) is 71.9 Å². The van der Waals surface area contributed by atoms with Gasteiger partial charge in [-0.05, 0) is 75.6 Å². The molecule has 1 amide bonds. The fourth-order valence-electron chi connectivity index (χ4n) is 4.13. The monoisotopic (exact) mass is 476 g/mol. The van der Waals surface area contributed by atoms with Crippen LogP contribution in [0.3, 0.4) is 0 Å². The minimum atomic E-state index is -0.794. The van der Waals surface area contributed by atoms with Gasteiger partial charge in [0.1, 0.15) is 5.60 Å². The van der Waals surface area contributed by atoms with Crippen molar-refractivity contribution < 1.29 is 23.8 Å². The van der Waals surface area contributed by atoms with E-state index in [9.17, 15) is 9.59 Å². The van der Waals surface area contributed by atoms with Gasteiger partial charge in [0, 0.05) is 25.4 Å². The van der Waals surface area contributed by atoms with Crippen LogP contribution < -0.4 is 5.32 Å². The summed E-state index contributed by atoms with van der Waals surface area (Å²) in [6.07, 6.45) is 5.37. The molecule has 0 bridgehead atoms. The molecule has 3 atom stereocenters. The first-order chi connectivity index (χ1) is 15.5. The quantitative estimate of drug-likeness (QED) is 0.532. The predicted octanol–water partition coefficient (Wildman–Crippen LogP) is 4.68. The number of hydrogen-bond acceptors (Lipinski definition) is 6. The van der Waals surface area contributed by atoms with E-state index in [1.54, 1.807) is 11.3 Å². The first kappa shape index (κ1) is 25.5. The summed E-state index contributed by atoms with van der Waals surface area (Å²) in [6.45, 7) is 9.75. The van der Waals surface area contributed by atoms with Crippen LogP contribution in [0, 0.1) is 0 Å². The Kier molecular flexibility index (Phi) is 8.37. The lowest BCUT2D eigenvalue weighted by Gasteiger charge is -2.40. The third-order valence-electron chi connectivity index (χ3n) is 5.32. The van der Waals surface area contributed by atoms with Gasteiger partial charge in [0.25, 0.3) is 0 Å². The predicted molar refractivity (Wildman–Crippen MR) is 128 cm³/mol. The summed E-state index contributed by atoms with van der Waals surface area (Å²) in [6, 6.07) is 5.97. The van der Waals surface area contributed by atoms with Crippen LogP contribution in [-0.4, -0.2) is 46.6 Å². The molecule has 1 aliphatic heterocycles. The molecule has 7 nitrogen and oxygen atoms in total. The lowest BCUT2D eigenvalue weighted by Crippen LogP contribution is -2.46. The summed E-state index contributed by atoms with van der Waals surface area (Å²) < 4.78 is 19.5. The van der Waals surface area contributed by atoms with Crippen molar-refractivity contribution in [2.75, 3.05) is 6.54 Å². The highest BCUT2D eigenvalue weighted by Crippen LogP contribution is 2.30. The van der Waals surface area contributed by atoms with Gasteiger partial charge in [-0.2, -0.15) is 11.3 Å². The summed E-state index contributed by atoms with van der Waals surface area (Å²) >= 11 is 1.63. The van der Waals surface area contributed by atoms with E-state index in [0.29, 0.717) is 25.8 Å². The fourth-order valence-corrected chi connectivity index (χ4v) is 4.83. The lowest BCUT2D eigenvalue weighted by molar-refractivity contribution is -0.300. The van der Waals surface area contributed by atoms with E-state index in [1.807, 2.05) is 64.5 Å². The summed E-state index contributed by atoms with van der Waals surface area (Å²) in [4.78, 5) is 25.0. The molecule has 2 aromatic rings. The Labute approximate surface area is 200 Å². The van der Waals surface area contributed by atoms with Crippen LogP contribution in [0.15, 0.2) is 41.4 Å². The second kappa shape index (κ2) is 10.8. The zero-order valence-electron chi connectivity index (χ0n) is 20.2. The third-order valence-corrected chi connectivity index (χ3v) is 6.03. The Morgan fingerprint density at radius 1 is 1.24 bits per heavy atom. The van der Waals surface area contributed by atoms with Crippen molar-refractivity contribution in [2.45, 2.75) is 89.9 Å². The summed E-state index contributed by atoms with van der Waals surface area (Å²) in [5.74, 6) is -1.07. The summed E-state index contributed by atoms with van der Waals surface area (Å²) in [7, 11) is 0. The van der Waals surface area contributed by atoms with Gasteiger partial charge < -0.3 is 24.1 Å². The van der Waals surface area contributed by atoms with E-state index < -0.39 is 11.4 Å². The fraction of sp³-hybridized carbons (Fsp3) is 0.600. The van der Waals surface area contributed by atoms with E-state index >= 15 is 0 Å². The largest absolute Gasteiger partial charge is 0.460 e. The van der Waals surface area contributed by atoms with Crippen molar-refractivity contribution in [1.29, 1.82) is 0 Å². The topological polar surface area (TPSA) is 78.8 Å². The molecule has 182 valence electrons. The average molecular weight is 477 g/mol. The van der Waals surface area contributed by atoms with Crippen molar-refractivity contribution in [2.24, 2.45) is 0 Å². The molecule has 0 radical (unpaired) electrons. The van der Waals surface area contributed by atoms with Crippen molar-refractivity contribution in [1.82, 2.24) is 9.88 Å². The normalized spacial score (nSPS) is 21.4. The maximum absolute atomic E-state index is 12.7. The maximum atomic E-state index is 12.7. The van der Waals surface area contributed by atoms with Gasteiger partial charge in [0.15, 0.2) is 5.79 Å². The smallest absolute Gasteiger partial charge is 0.308 e. The maximum Gasteiger partial charge on any atom is 0.308 e. The number of thiophene rings is 1. The van der Waals surface area contributed by atoms with Crippen LogP contribution in [-0.2, 0) is 23.8 Å². The SMILES string of the molecule is CC(C)(C)OC(=O)C[C@H]1C[C@@H](CCNC(=O)C[C@H](c2ccsc2)n2cccc2)OC(C)(C)O1. The molecule has 3 rings (SSSR count). The molecular weight excluding hydrogens is 440 g/mol. The molecule has 1 N–H and O–H groups in total. The second-order valence-electron chi connectivity index (χ2n) is 9.95. The number of nitrogens with zero attached hydrogens (tertiary/aromatic N) is 1. The van der Waals surface area contributed by atoms with Crippen molar-refractivity contribution >= 4 is 23.2 Å². The van der Waals surface area contributed by atoms with Crippen LogP contribution in [0.25, 0.3) is 0 Å². The molecule has 1 aliphatic rings. The standard InChI is InChI=1S/C25H36N2O5S/c1-24(2,3)32-23(29)15-20-14-19(30-25(4,5)31-20)8-10-26-22(28)16-21(18-9-13-33-17-18)27-11-6-7-12-27/h6-7,9,11-13,17,19-21H,8,10,14-16H2,1-5H3,(H,26,28)/t19-,20-,21-/m1/s1. The summed E-state index contributed by atoms with van der Waals surface area (Å²) in [5, 5.41) is 7.15. The van der Waals surface area contributed by atoms with E-state index in [2.05, 4.69) is 21.3 Å². The zero-order chi connectivity index (χ0) is 24.1. The zero-order valence-corrected chi connectivity index (χ0v) is 21.0. The first-order valence-electron chi connectivity index (χ1n) is 11.5. The van der Waals surface area contributed by atoms with E-state index in [1.165, 1.54) is 0 Å². The molecule has 2 aromatic heterocycles. The summed E-state index contributed by atoms with van der Waals surface area (Å²) in [5.41, 5.74) is 0.606. The number of aromatic nitrogens is 1. The van der Waals surface area contributed by atoms with Gasteiger partial charge in [0.05, 0.1) is 31.1 Å². The second-order valence-corrected chi connectivity index (χ2v) is 10.7. The van der Waals surface area contributed by atoms with Crippen LogP contribution in [0.4, 0.5) is 0 Å². The minimum Gasteiger partial charge on any atom is -0.460 e. The number of nitrogens with one attached hydrogen (secondary N) is 1. The molecule has 0 aliphatic carbocycles. The van der Waals surface area contributed by atoms with Gasteiger partial charge >= 0.3 is 5.97 Å². The van der Waals surface area contributed by atoms with Crippen molar-refractivity contribution in [3.63, 3.8) is 0 Å². The average Bonchev–Trinajstić information content (AvgIpc) is 3.37. The highest BCUT2D eigenvalue weighted by Gasteiger charge is 2.37. The highest BCUT2D eigenvalue weighted by atomic mass is 32.1. The Bertz CT molecular complexity index is 852. The molecular formula is C25H36N2O5S. The number of hydrogen-bond donors (Lipinski definition) is 1. The molecule has 8 heteroatoms. The molecule has 0 saturated carbocycles. The van der Waals surface area contributed by atoms with Crippen LogP contribution in [0.2, 0.25) is 0 Å². The van der Waals surface area contributed by atoms with Gasteiger partial charge in [-0.1, -0.05) is 0 Å². The number of esters is 1. The van der Waals surface area contributed by atoms with Crippen LogP contribution >= 0.6 is 11.3 Å². The lowest BCUT2D eigenvalue weighted by atomic mass is 10.0. The van der Waals surface area contributed by atoms with Crippen LogP contribution in [0.5, 0.6) is 0 Å². The molecule has 1 fully saturated rings. The molecule has 33 heavy (non-hydrogen) atoms. The van der Waals surface area contributed by atoms with E-state index in [4.69, 9.17) is 14.2 Å². The molecule has 0 unspecified atom stereocenters. The Hall–Kier alpha value is -2.16. The van der Waals surface area contributed by atoms with Gasteiger partial charge in [0.2, 0.25) is 5.91 Å². The number of amides is 1. The Morgan fingerprint density at radius 3 is 2.58 bits per heavy atom. The van der Waals surface area contributed by atoms with Gasteiger partial charge in [-0.15, -0.1) is 0 Å². The molecule has 1 saturated heterocycles. The molecule has 0 aromatic carbocycles. The number of carbonyl (C=O) groups excluding carboxylic acids is 2. The molecule has 3 heterocycles. The Morgan fingerprint density at radius 2 is 1.94 bits per heavy atom. The van der Waals surface area contributed by atoms with Gasteiger partial charge in [-0.25, -0.2) is 0 Å². The third kappa shape index (κ3) is 8.28. The van der Waals surface area contributed by atoms with Gasteiger partial charge in [-0.3, -0.25) is 9.59 Å². The number of ether oxygens (including phenoxy) is 3. The highest BCUT2D eigenvalue weighted by molar-refractivity contribution is 7.08. The van der Waals surface area contributed by atoms with E-state index in [-0.39, 0.29) is 36.5 Å².